The van der Waals surface area contributed by atoms with E-state index in [1.54, 1.807) is 6.07 Å². The number of alkyl halides is 6. The van der Waals surface area contributed by atoms with Crippen LogP contribution in [0.4, 0.5) is 32.4 Å². The van der Waals surface area contributed by atoms with Crippen molar-refractivity contribution in [1.29, 1.82) is 5.26 Å². The number of H-pyrrole nitrogens is 1. The van der Waals surface area contributed by atoms with Crippen LogP contribution in [0.5, 0.6) is 5.75 Å². The minimum absolute atomic E-state index is 0.0880. The van der Waals surface area contributed by atoms with E-state index in [2.05, 4.69) is 0 Å². The number of hydrogen-bond acceptors (Lipinski definition) is 6. The molecule has 0 saturated carbocycles. The van der Waals surface area contributed by atoms with E-state index in [0.29, 0.717) is 27.8 Å². The second-order valence-corrected chi connectivity index (χ2v) is 13.1. The van der Waals surface area contributed by atoms with Crippen molar-refractivity contribution in [2.24, 2.45) is 0 Å². The molecule has 3 amide bonds. The highest BCUT2D eigenvalue weighted by Crippen LogP contribution is 2.46. The fraction of sp³-hybridized carbons (Fsp3) is 0.333. The summed E-state index contributed by atoms with van der Waals surface area (Å²) in [5.74, 6) is -0.835. The summed E-state index contributed by atoms with van der Waals surface area (Å²) in [6.45, 7) is -1.66. The zero-order valence-electron chi connectivity index (χ0n) is 24.6. The minimum atomic E-state index is -4.61. The predicted octanol–water partition coefficient (Wildman–Crippen LogP) is 7.93. The molecule has 0 unspecified atom stereocenters. The molecule has 2 aliphatic rings. The molecular formula is C30H23Cl3F5N5O4S. The lowest BCUT2D eigenvalue weighted by atomic mass is 10.0. The maximum Gasteiger partial charge on any atom is 0.406 e. The van der Waals surface area contributed by atoms with Crippen LogP contribution in [0.3, 0.4) is 0 Å². The SMILES string of the molecule is COc1cc2c(cc1N1CCCN(CC(F)(F)F)C1=O)CN(C(=O)c1c(Sc3c(Cl)cccc3Cl)cc(C(F)(F)Cl)[nH]c1=O)[C@H]2CC#N. The number of pyridine rings is 1. The normalized spacial score (nSPS) is 16.6. The summed E-state index contributed by atoms with van der Waals surface area (Å²) in [7, 11) is 1.29. The number of aromatic amines is 1. The van der Waals surface area contributed by atoms with Crippen LogP contribution in [0.15, 0.2) is 51.0 Å². The summed E-state index contributed by atoms with van der Waals surface area (Å²) < 4.78 is 73.3. The summed E-state index contributed by atoms with van der Waals surface area (Å²) in [6, 6.07) is 8.44. The second-order valence-electron chi connectivity index (χ2n) is 10.8. The average Bonchev–Trinajstić information content (AvgIpc) is 3.35. The molecule has 5 rings (SSSR count). The highest BCUT2D eigenvalue weighted by molar-refractivity contribution is 7.99. The monoisotopic (exact) mass is 749 g/mol. The first-order valence-corrected chi connectivity index (χ1v) is 16.0. The van der Waals surface area contributed by atoms with Crippen molar-refractivity contribution in [3.63, 3.8) is 0 Å². The quantitative estimate of drug-likeness (QED) is 0.185. The van der Waals surface area contributed by atoms with Crippen molar-refractivity contribution in [2.45, 2.75) is 46.8 Å². The van der Waals surface area contributed by atoms with Gasteiger partial charge in [-0.25, -0.2) is 4.79 Å². The average molecular weight is 751 g/mol. The number of anilines is 1. The van der Waals surface area contributed by atoms with E-state index in [9.17, 15) is 41.6 Å². The van der Waals surface area contributed by atoms with Gasteiger partial charge in [-0.2, -0.15) is 27.2 Å². The number of nitrogens with zero attached hydrogens (tertiary/aromatic N) is 4. The molecule has 0 spiro atoms. The Morgan fingerprint density at radius 3 is 2.42 bits per heavy atom. The number of urea groups is 1. The number of aromatic nitrogens is 1. The molecule has 0 bridgehead atoms. The van der Waals surface area contributed by atoms with Gasteiger partial charge in [-0.05, 0) is 59.5 Å². The number of fused-ring (bicyclic) bond motifs is 1. The van der Waals surface area contributed by atoms with Gasteiger partial charge in [0, 0.05) is 29.4 Å². The first-order valence-electron chi connectivity index (χ1n) is 14.0. The number of rotatable bonds is 8. The summed E-state index contributed by atoms with van der Waals surface area (Å²) in [5.41, 5.74) is -1.76. The molecular weight excluding hydrogens is 728 g/mol. The number of halogens is 8. The predicted molar refractivity (Wildman–Crippen MR) is 168 cm³/mol. The Bertz CT molecular complexity index is 1860. The van der Waals surface area contributed by atoms with Crippen LogP contribution in [0.1, 0.15) is 46.1 Å². The maximum absolute atomic E-state index is 14.2. The number of benzene rings is 2. The highest BCUT2D eigenvalue weighted by Gasteiger charge is 2.41. The van der Waals surface area contributed by atoms with Crippen LogP contribution in [0, 0.1) is 11.3 Å². The van der Waals surface area contributed by atoms with Gasteiger partial charge < -0.3 is 19.5 Å². The van der Waals surface area contributed by atoms with Crippen molar-refractivity contribution in [1.82, 2.24) is 14.8 Å². The third kappa shape index (κ3) is 7.17. The maximum atomic E-state index is 14.2. The van der Waals surface area contributed by atoms with E-state index >= 15 is 0 Å². The smallest absolute Gasteiger partial charge is 0.406 e. The van der Waals surface area contributed by atoms with Crippen molar-refractivity contribution in [3.05, 3.63) is 79.2 Å². The van der Waals surface area contributed by atoms with Gasteiger partial charge in [0.2, 0.25) is 0 Å². The largest absolute Gasteiger partial charge is 0.495 e. The standard InChI is InChI=1S/C30H23Cl3F5N5O4S/c1-47-21-11-16-15(10-20(21)42-9-3-8-41(28(42)46)14-29(34,35)36)13-43(19(16)6-7-39)27(45)24-22(12-23(30(33,37)38)40-26(24)44)48-25-17(31)4-2-5-18(25)32/h2,4-5,10-12,19H,3,6,8-9,13-14H2,1H3,(H,40,44)/t19-/m0/s1. The summed E-state index contributed by atoms with van der Waals surface area (Å²) in [5, 5.41) is 5.90. The molecule has 254 valence electrons. The van der Waals surface area contributed by atoms with Gasteiger partial charge in [0.05, 0.1) is 41.4 Å². The molecule has 1 aromatic heterocycles. The lowest BCUT2D eigenvalue weighted by Crippen LogP contribution is -2.52. The van der Waals surface area contributed by atoms with Gasteiger partial charge in [0.1, 0.15) is 23.6 Å². The zero-order valence-corrected chi connectivity index (χ0v) is 27.7. The molecule has 18 heteroatoms. The first kappa shape index (κ1) is 35.6. The minimum Gasteiger partial charge on any atom is -0.495 e. The number of nitriles is 1. The Labute approximate surface area is 289 Å². The van der Waals surface area contributed by atoms with Crippen molar-refractivity contribution < 1.29 is 36.3 Å². The van der Waals surface area contributed by atoms with Crippen LogP contribution in [-0.2, 0) is 11.9 Å². The molecule has 3 aromatic rings. The van der Waals surface area contributed by atoms with Gasteiger partial charge in [-0.1, -0.05) is 41.0 Å². The van der Waals surface area contributed by atoms with E-state index < -0.39 is 52.9 Å². The summed E-state index contributed by atoms with van der Waals surface area (Å²) in [4.78, 5) is 45.6. The Morgan fingerprint density at radius 1 is 1.12 bits per heavy atom. The van der Waals surface area contributed by atoms with Crippen LogP contribution >= 0.6 is 46.6 Å². The number of carbonyl (C=O) groups excluding carboxylic acids is 2. The summed E-state index contributed by atoms with van der Waals surface area (Å²) in [6.07, 6.45) is -4.65. The number of amides is 3. The highest BCUT2D eigenvalue weighted by atomic mass is 35.5. The third-order valence-electron chi connectivity index (χ3n) is 7.68. The molecule has 2 aliphatic heterocycles. The van der Waals surface area contributed by atoms with Crippen LogP contribution in [0.25, 0.3) is 0 Å². The molecule has 1 atom stereocenters. The number of nitrogens with one attached hydrogen (secondary N) is 1. The molecule has 3 heterocycles. The van der Waals surface area contributed by atoms with E-state index in [1.165, 1.54) is 36.3 Å². The molecule has 2 aromatic carbocycles. The Balaban J connectivity index is 1.57. The van der Waals surface area contributed by atoms with Crippen LogP contribution < -0.4 is 15.2 Å². The van der Waals surface area contributed by atoms with Crippen molar-refractivity contribution >= 4 is 64.2 Å². The topological polar surface area (TPSA) is 110 Å². The van der Waals surface area contributed by atoms with E-state index in [-0.39, 0.29) is 63.7 Å². The van der Waals surface area contributed by atoms with Gasteiger partial charge in [0.25, 0.3) is 11.5 Å². The Kier molecular flexibility index (Phi) is 10.1. The lowest BCUT2D eigenvalue weighted by molar-refractivity contribution is -0.140. The Hall–Kier alpha value is -3.71. The van der Waals surface area contributed by atoms with Gasteiger partial charge in [0.15, 0.2) is 0 Å². The van der Waals surface area contributed by atoms with E-state index in [4.69, 9.17) is 39.5 Å². The molecule has 1 N–H and O–H groups in total. The molecule has 48 heavy (non-hydrogen) atoms. The number of methoxy groups -OCH3 is 1. The molecule has 9 nitrogen and oxygen atoms in total. The third-order valence-corrected chi connectivity index (χ3v) is 9.93. The summed E-state index contributed by atoms with van der Waals surface area (Å²) >= 11 is 18.5. The van der Waals surface area contributed by atoms with E-state index in [1.807, 2.05) is 11.1 Å². The van der Waals surface area contributed by atoms with Crippen molar-refractivity contribution in [3.8, 4) is 11.8 Å². The number of carbonyl (C=O) groups is 2. The second kappa shape index (κ2) is 13.7. The first-order chi connectivity index (χ1) is 22.5. The van der Waals surface area contributed by atoms with Crippen LogP contribution in [-0.4, -0.2) is 59.6 Å². The number of ether oxygens (including phenoxy) is 1. The van der Waals surface area contributed by atoms with Gasteiger partial charge in [-0.15, -0.1) is 0 Å². The molecule has 1 fully saturated rings. The molecule has 1 saturated heterocycles. The molecule has 0 radical (unpaired) electrons. The van der Waals surface area contributed by atoms with Gasteiger partial charge in [-0.3, -0.25) is 14.5 Å². The van der Waals surface area contributed by atoms with E-state index in [0.717, 1.165) is 11.0 Å². The lowest BCUT2D eigenvalue weighted by Gasteiger charge is -2.36. The van der Waals surface area contributed by atoms with Gasteiger partial charge >= 0.3 is 17.6 Å². The fourth-order valence-electron chi connectivity index (χ4n) is 5.60. The molecule has 0 aliphatic carbocycles. The van der Waals surface area contributed by atoms with Crippen LogP contribution in [0.2, 0.25) is 10.0 Å². The van der Waals surface area contributed by atoms with Crippen molar-refractivity contribution in [2.75, 3.05) is 31.6 Å². The fourth-order valence-corrected chi connectivity index (χ4v) is 7.34. The Morgan fingerprint density at radius 2 is 1.81 bits per heavy atom. The zero-order chi connectivity index (χ0) is 35.1. The number of hydrogen-bond donors (Lipinski definition) is 1.